The SMILES string of the molecule is O=C(NC1CCCCCC1)c1ccc2c(c1)OCO2. The molecule has 1 aromatic rings. The van der Waals surface area contributed by atoms with Crippen LogP contribution in [-0.2, 0) is 0 Å². The van der Waals surface area contributed by atoms with Crippen LogP contribution in [0.25, 0.3) is 0 Å². The standard InChI is InChI=1S/C15H19NO3/c17-15(16-12-5-3-1-2-4-6-12)11-7-8-13-14(9-11)19-10-18-13/h7-9,12H,1-6,10H2,(H,16,17). The average Bonchev–Trinajstić information content (AvgIpc) is 2.75. The maximum absolute atomic E-state index is 12.2. The summed E-state index contributed by atoms with van der Waals surface area (Å²) in [6.45, 7) is 0.239. The summed E-state index contributed by atoms with van der Waals surface area (Å²) >= 11 is 0. The largest absolute Gasteiger partial charge is 0.454 e. The Bertz CT molecular complexity index is 464. The lowest BCUT2D eigenvalue weighted by Crippen LogP contribution is -2.34. The molecule has 1 N–H and O–H groups in total. The molecular formula is C15H19NO3. The van der Waals surface area contributed by atoms with Crippen LogP contribution in [0, 0.1) is 0 Å². The number of amides is 1. The summed E-state index contributed by atoms with van der Waals surface area (Å²) in [7, 11) is 0. The van der Waals surface area contributed by atoms with Gasteiger partial charge in [-0.2, -0.15) is 0 Å². The number of carbonyl (C=O) groups is 1. The summed E-state index contributed by atoms with van der Waals surface area (Å²) in [6, 6.07) is 5.67. The van der Waals surface area contributed by atoms with Crippen molar-refractivity contribution in [3.8, 4) is 11.5 Å². The third kappa shape index (κ3) is 2.83. The van der Waals surface area contributed by atoms with Gasteiger partial charge in [-0.25, -0.2) is 0 Å². The lowest BCUT2D eigenvalue weighted by Gasteiger charge is -2.16. The zero-order valence-electron chi connectivity index (χ0n) is 11.0. The van der Waals surface area contributed by atoms with Gasteiger partial charge in [-0.05, 0) is 31.0 Å². The molecule has 0 atom stereocenters. The monoisotopic (exact) mass is 261 g/mol. The first-order valence-corrected chi connectivity index (χ1v) is 7.03. The molecule has 1 aliphatic heterocycles. The van der Waals surface area contributed by atoms with Crippen molar-refractivity contribution in [2.45, 2.75) is 44.6 Å². The number of hydrogen-bond acceptors (Lipinski definition) is 3. The Labute approximate surface area is 113 Å². The number of benzene rings is 1. The molecule has 0 unspecified atom stereocenters. The highest BCUT2D eigenvalue weighted by atomic mass is 16.7. The highest BCUT2D eigenvalue weighted by Gasteiger charge is 2.19. The molecule has 0 aromatic heterocycles. The first-order valence-electron chi connectivity index (χ1n) is 7.03. The van der Waals surface area contributed by atoms with E-state index in [0.29, 0.717) is 23.1 Å². The second-order valence-electron chi connectivity index (χ2n) is 5.23. The summed E-state index contributed by atoms with van der Waals surface area (Å²) < 4.78 is 10.5. The van der Waals surface area contributed by atoms with E-state index in [1.165, 1.54) is 25.7 Å². The van der Waals surface area contributed by atoms with Crippen molar-refractivity contribution in [2.24, 2.45) is 0 Å². The molecule has 19 heavy (non-hydrogen) atoms. The summed E-state index contributed by atoms with van der Waals surface area (Å²) in [6.07, 6.45) is 7.19. The molecule has 1 fully saturated rings. The second-order valence-corrected chi connectivity index (χ2v) is 5.23. The Balaban J connectivity index is 1.66. The maximum Gasteiger partial charge on any atom is 0.251 e. The minimum absolute atomic E-state index is 0.00907. The van der Waals surface area contributed by atoms with Gasteiger partial charge in [0.25, 0.3) is 5.91 Å². The van der Waals surface area contributed by atoms with E-state index in [2.05, 4.69) is 5.32 Å². The van der Waals surface area contributed by atoms with Gasteiger partial charge in [0.2, 0.25) is 6.79 Å². The third-order valence-corrected chi connectivity index (χ3v) is 3.83. The fraction of sp³-hybridized carbons (Fsp3) is 0.533. The molecule has 4 nitrogen and oxygen atoms in total. The molecule has 102 valence electrons. The van der Waals surface area contributed by atoms with Gasteiger partial charge in [0.15, 0.2) is 11.5 Å². The normalized spacial score (nSPS) is 18.9. The summed E-state index contributed by atoms with van der Waals surface area (Å²) in [5, 5.41) is 3.13. The lowest BCUT2D eigenvalue weighted by atomic mass is 10.1. The van der Waals surface area contributed by atoms with Crippen LogP contribution in [-0.4, -0.2) is 18.7 Å². The fourth-order valence-corrected chi connectivity index (χ4v) is 2.73. The molecular weight excluding hydrogens is 242 g/mol. The first kappa shape index (κ1) is 12.3. The Morgan fingerprint density at radius 2 is 1.79 bits per heavy atom. The molecule has 2 aliphatic rings. The van der Waals surface area contributed by atoms with Crippen molar-refractivity contribution in [1.82, 2.24) is 5.32 Å². The Morgan fingerprint density at radius 1 is 1.05 bits per heavy atom. The predicted molar refractivity (Wildman–Crippen MR) is 71.5 cm³/mol. The number of hydrogen-bond donors (Lipinski definition) is 1. The predicted octanol–water partition coefficient (Wildman–Crippen LogP) is 2.87. The van der Waals surface area contributed by atoms with Crippen LogP contribution < -0.4 is 14.8 Å². The lowest BCUT2D eigenvalue weighted by molar-refractivity contribution is 0.0933. The smallest absolute Gasteiger partial charge is 0.251 e. The molecule has 1 aromatic carbocycles. The van der Waals surface area contributed by atoms with E-state index in [-0.39, 0.29) is 12.7 Å². The van der Waals surface area contributed by atoms with Gasteiger partial charge in [0.1, 0.15) is 0 Å². The molecule has 4 heteroatoms. The van der Waals surface area contributed by atoms with Crippen LogP contribution in [0.5, 0.6) is 11.5 Å². The van der Waals surface area contributed by atoms with Crippen molar-refractivity contribution in [3.63, 3.8) is 0 Å². The number of rotatable bonds is 2. The molecule has 1 heterocycles. The Morgan fingerprint density at radius 3 is 2.58 bits per heavy atom. The van der Waals surface area contributed by atoms with Crippen LogP contribution in [0.4, 0.5) is 0 Å². The maximum atomic E-state index is 12.2. The van der Waals surface area contributed by atoms with Crippen molar-refractivity contribution < 1.29 is 14.3 Å². The van der Waals surface area contributed by atoms with E-state index in [0.717, 1.165) is 12.8 Å². The van der Waals surface area contributed by atoms with Crippen molar-refractivity contribution in [3.05, 3.63) is 23.8 Å². The molecule has 1 aliphatic carbocycles. The highest BCUT2D eigenvalue weighted by molar-refractivity contribution is 5.95. The van der Waals surface area contributed by atoms with Gasteiger partial charge in [-0.1, -0.05) is 25.7 Å². The zero-order chi connectivity index (χ0) is 13.1. The first-order chi connectivity index (χ1) is 9.33. The van der Waals surface area contributed by atoms with E-state index in [9.17, 15) is 4.79 Å². The van der Waals surface area contributed by atoms with Crippen LogP contribution in [0.2, 0.25) is 0 Å². The number of fused-ring (bicyclic) bond motifs is 1. The van der Waals surface area contributed by atoms with Crippen LogP contribution in [0.1, 0.15) is 48.9 Å². The van der Waals surface area contributed by atoms with Crippen LogP contribution in [0.15, 0.2) is 18.2 Å². The fourth-order valence-electron chi connectivity index (χ4n) is 2.73. The molecule has 0 radical (unpaired) electrons. The topological polar surface area (TPSA) is 47.6 Å². The highest BCUT2D eigenvalue weighted by Crippen LogP contribution is 2.32. The molecule has 3 rings (SSSR count). The van der Waals surface area contributed by atoms with E-state index >= 15 is 0 Å². The molecule has 1 saturated carbocycles. The average molecular weight is 261 g/mol. The molecule has 0 saturated heterocycles. The number of ether oxygens (including phenoxy) is 2. The van der Waals surface area contributed by atoms with E-state index in [4.69, 9.17) is 9.47 Å². The van der Waals surface area contributed by atoms with Gasteiger partial charge in [-0.15, -0.1) is 0 Å². The molecule has 0 bridgehead atoms. The van der Waals surface area contributed by atoms with E-state index in [1.807, 2.05) is 0 Å². The Hall–Kier alpha value is -1.71. The van der Waals surface area contributed by atoms with Gasteiger partial charge in [-0.3, -0.25) is 4.79 Å². The molecule has 0 spiro atoms. The van der Waals surface area contributed by atoms with E-state index < -0.39 is 0 Å². The minimum atomic E-state index is -0.00907. The van der Waals surface area contributed by atoms with Gasteiger partial charge in [0, 0.05) is 11.6 Å². The van der Waals surface area contributed by atoms with Crippen molar-refractivity contribution in [2.75, 3.05) is 6.79 Å². The number of carbonyl (C=O) groups excluding carboxylic acids is 1. The Kier molecular flexibility index (Phi) is 3.58. The number of nitrogens with one attached hydrogen (secondary N) is 1. The van der Waals surface area contributed by atoms with Crippen molar-refractivity contribution in [1.29, 1.82) is 0 Å². The van der Waals surface area contributed by atoms with Crippen molar-refractivity contribution >= 4 is 5.91 Å². The zero-order valence-corrected chi connectivity index (χ0v) is 11.0. The summed E-state index contributed by atoms with van der Waals surface area (Å²) in [5.74, 6) is 1.37. The molecule has 1 amide bonds. The quantitative estimate of drug-likeness (QED) is 0.833. The second kappa shape index (κ2) is 5.51. The van der Waals surface area contributed by atoms with E-state index in [1.54, 1.807) is 18.2 Å². The minimum Gasteiger partial charge on any atom is -0.454 e. The van der Waals surface area contributed by atoms with Crippen LogP contribution in [0.3, 0.4) is 0 Å². The van der Waals surface area contributed by atoms with Gasteiger partial charge < -0.3 is 14.8 Å². The van der Waals surface area contributed by atoms with Gasteiger partial charge >= 0.3 is 0 Å². The summed E-state index contributed by atoms with van der Waals surface area (Å²) in [5.41, 5.74) is 0.647. The van der Waals surface area contributed by atoms with Gasteiger partial charge in [0.05, 0.1) is 0 Å². The third-order valence-electron chi connectivity index (χ3n) is 3.83. The summed E-state index contributed by atoms with van der Waals surface area (Å²) in [4.78, 5) is 12.2. The van der Waals surface area contributed by atoms with Crippen LogP contribution >= 0.6 is 0 Å².